The summed E-state index contributed by atoms with van der Waals surface area (Å²) in [5.74, 6) is 0.184. The number of rotatable bonds is 5. The molecule has 3 aliphatic carbocycles. The van der Waals surface area contributed by atoms with E-state index >= 15 is 0 Å². The third-order valence-corrected chi connectivity index (χ3v) is 10.5. The van der Waals surface area contributed by atoms with Crippen molar-refractivity contribution >= 4 is 27.1 Å². The third-order valence-electron chi connectivity index (χ3n) is 9.83. The Morgan fingerprint density at radius 1 is 0.725 bits per heavy atom. The van der Waals surface area contributed by atoms with E-state index in [0.717, 1.165) is 27.6 Å². The fourth-order valence-corrected chi connectivity index (χ4v) is 8.26. The number of aliphatic hydroxyl groups is 1. The van der Waals surface area contributed by atoms with Crippen molar-refractivity contribution in [3.05, 3.63) is 153 Å². The Kier molecular flexibility index (Phi) is 7.19. The van der Waals surface area contributed by atoms with Crippen LogP contribution in [0.25, 0.3) is 11.1 Å². The second-order valence-electron chi connectivity index (χ2n) is 11.7. The number of hydrogen-bond donors (Lipinski definition) is 1. The van der Waals surface area contributed by atoms with Gasteiger partial charge in [0.05, 0.1) is 0 Å². The standard InChI is InChI=1S/C38H37BrO/c1-24-25(2)27(4)35(26(24)3)33-23-32(31-21-13-14-22-34(31)39)36(28-15-7-5-8-16-28)38(40,30-19-11-12-20-30)37(33)29-17-9-6-10-18-29/h5-22,30,33,35,37,40H,23H2,1-4H3. The summed E-state index contributed by atoms with van der Waals surface area (Å²) in [6.45, 7) is 9.15. The zero-order chi connectivity index (χ0) is 28.0. The molecule has 0 aliphatic heterocycles. The van der Waals surface area contributed by atoms with Crippen molar-refractivity contribution < 1.29 is 5.11 Å². The largest absolute Gasteiger partial charge is 0.384 e. The normalized spacial score (nSPS) is 25.6. The first kappa shape index (κ1) is 27.0. The molecule has 40 heavy (non-hydrogen) atoms. The van der Waals surface area contributed by atoms with Crippen LogP contribution in [0, 0.1) is 17.8 Å². The molecule has 202 valence electrons. The summed E-state index contributed by atoms with van der Waals surface area (Å²) in [6, 6.07) is 29.9. The van der Waals surface area contributed by atoms with Crippen LogP contribution in [0.15, 0.2) is 136 Å². The van der Waals surface area contributed by atoms with E-state index in [1.165, 1.54) is 33.4 Å². The van der Waals surface area contributed by atoms with E-state index in [-0.39, 0.29) is 23.7 Å². The summed E-state index contributed by atoms with van der Waals surface area (Å²) in [5, 5.41) is 13.6. The molecule has 3 aromatic carbocycles. The quantitative estimate of drug-likeness (QED) is 0.314. The number of benzene rings is 3. The molecule has 0 bridgehead atoms. The van der Waals surface area contributed by atoms with Gasteiger partial charge in [0.2, 0.25) is 0 Å². The molecule has 3 atom stereocenters. The molecule has 6 rings (SSSR count). The van der Waals surface area contributed by atoms with E-state index in [1.54, 1.807) is 0 Å². The lowest BCUT2D eigenvalue weighted by Gasteiger charge is -2.52. The van der Waals surface area contributed by atoms with Crippen LogP contribution in [0.3, 0.4) is 0 Å². The van der Waals surface area contributed by atoms with Crippen molar-refractivity contribution in [2.45, 2.75) is 45.6 Å². The van der Waals surface area contributed by atoms with Gasteiger partial charge in [0.1, 0.15) is 5.60 Å². The van der Waals surface area contributed by atoms with Gasteiger partial charge in [-0.05, 0) is 85.1 Å². The predicted molar refractivity (Wildman–Crippen MR) is 172 cm³/mol. The Morgan fingerprint density at radius 3 is 1.88 bits per heavy atom. The number of hydrogen-bond acceptors (Lipinski definition) is 1. The molecule has 0 fully saturated rings. The van der Waals surface area contributed by atoms with Gasteiger partial charge in [-0.1, -0.05) is 130 Å². The van der Waals surface area contributed by atoms with Crippen molar-refractivity contribution in [1.29, 1.82) is 0 Å². The van der Waals surface area contributed by atoms with Crippen LogP contribution in [0.5, 0.6) is 0 Å². The molecule has 3 aromatic rings. The van der Waals surface area contributed by atoms with Crippen molar-refractivity contribution in [3.8, 4) is 0 Å². The first-order valence-corrected chi connectivity index (χ1v) is 15.1. The van der Waals surface area contributed by atoms with Crippen LogP contribution in [0.4, 0.5) is 0 Å². The van der Waals surface area contributed by atoms with Gasteiger partial charge in [-0.15, -0.1) is 0 Å². The van der Waals surface area contributed by atoms with E-state index in [0.29, 0.717) is 0 Å². The Bertz CT molecular complexity index is 1550. The zero-order valence-electron chi connectivity index (χ0n) is 23.7. The van der Waals surface area contributed by atoms with Crippen LogP contribution in [-0.2, 0) is 0 Å². The Morgan fingerprint density at radius 2 is 1.27 bits per heavy atom. The van der Waals surface area contributed by atoms with Crippen LogP contribution in [0.1, 0.15) is 56.7 Å². The lowest BCUT2D eigenvalue weighted by molar-refractivity contribution is 0.0149. The van der Waals surface area contributed by atoms with Crippen molar-refractivity contribution in [2.24, 2.45) is 17.8 Å². The van der Waals surface area contributed by atoms with Gasteiger partial charge in [0.15, 0.2) is 0 Å². The summed E-state index contributed by atoms with van der Waals surface area (Å²) in [5.41, 5.74) is 10.2. The summed E-state index contributed by atoms with van der Waals surface area (Å²) >= 11 is 3.90. The average molecular weight is 590 g/mol. The lowest BCUT2D eigenvalue weighted by atomic mass is 9.54. The lowest BCUT2D eigenvalue weighted by Crippen LogP contribution is -2.50. The van der Waals surface area contributed by atoms with Gasteiger partial charge in [0, 0.05) is 22.2 Å². The number of allylic oxidation sites excluding steroid dienone is 7. The van der Waals surface area contributed by atoms with Gasteiger partial charge in [-0.2, -0.15) is 0 Å². The SMILES string of the molecule is CC1=C(C)C(C2CC(c3ccccc3Br)=C(c3ccccc3)C(O)(C3C=CC=C3)C2c2ccccc2)C(C)=C1C. The van der Waals surface area contributed by atoms with Crippen molar-refractivity contribution in [3.63, 3.8) is 0 Å². The molecule has 3 unspecified atom stereocenters. The monoisotopic (exact) mass is 588 g/mol. The first-order valence-electron chi connectivity index (χ1n) is 14.3. The Balaban J connectivity index is 1.73. The van der Waals surface area contributed by atoms with Crippen LogP contribution < -0.4 is 0 Å². The van der Waals surface area contributed by atoms with Gasteiger partial charge in [0.25, 0.3) is 0 Å². The second-order valence-corrected chi connectivity index (χ2v) is 12.5. The van der Waals surface area contributed by atoms with Crippen LogP contribution >= 0.6 is 15.9 Å². The smallest absolute Gasteiger partial charge is 0.107 e. The molecular formula is C38H37BrO. The minimum atomic E-state index is -1.16. The molecule has 0 heterocycles. The summed E-state index contributed by atoms with van der Waals surface area (Å²) in [6.07, 6.45) is 9.43. The third kappa shape index (κ3) is 4.24. The van der Waals surface area contributed by atoms with Crippen molar-refractivity contribution in [2.75, 3.05) is 0 Å². The highest BCUT2D eigenvalue weighted by Crippen LogP contribution is 2.62. The number of halogens is 1. The van der Waals surface area contributed by atoms with Gasteiger partial charge in [-0.3, -0.25) is 0 Å². The molecule has 3 aliphatic rings. The van der Waals surface area contributed by atoms with E-state index in [9.17, 15) is 5.11 Å². The first-order chi connectivity index (χ1) is 19.3. The maximum Gasteiger partial charge on any atom is 0.107 e. The molecule has 0 spiro atoms. The van der Waals surface area contributed by atoms with Crippen LogP contribution in [-0.4, -0.2) is 10.7 Å². The van der Waals surface area contributed by atoms with E-state index in [1.807, 2.05) is 0 Å². The molecule has 2 heteroatoms. The van der Waals surface area contributed by atoms with E-state index in [4.69, 9.17) is 0 Å². The molecule has 1 nitrogen and oxygen atoms in total. The minimum Gasteiger partial charge on any atom is -0.384 e. The molecule has 1 N–H and O–H groups in total. The molecule has 0 radical (unpaired) electrons. The fraction of sp³-hybridized carbons (Fsp3) is 0.263. The Labute approximate surface area is 247 Å². The highest BCUT2D eigenvalue weighted by atomic mass is 79.9. The maximum absolute atomic E-state index is 13.6. The summed E-state index contributed by atoms with van der Waals surface area (Å²) in [4.78, 5) is 0. The fourth-order valence-electron chi connectivity index (χ4n) is 7.74. The van der Waals surface area contributed by atoms with Crippen LogP contribution in [0.2, 0.25) is 0 Å². The maximum atomic E-state index is 13.6. The zero-order valence-corrected chi connectivity index (χ0v) is 25.3. The summed E-state index contributed by atoms with van der Waals surface area (Å²) in [7, 11) is 0. The molecule has 0 amide bonds. The van der Waals surface area contributed by atoms with E-state index in [2.05, 4.69) is 153 Å². The predicted octanol–water partition coefficient (Wildman–Crippen LogP) is 9.94. The highest BCUT2D eigenvalue weighted by Gasteiger charge is 2.56. The Hall–Kier alpha value is -3.20. The highest BCUT2D eigenvalue weighted by molar-refractivity contribution is 9.10. The van der Waals surface area contributed by atoms with Gasteiger partial charge in [-0.25, -0.2) is 0 Å². The van der Waals surface area contributed by atoms with Gasteiger partial charge >= 0.3 is 0 Å². The summed E-state index contributed by atoms with van der Waals surface area (Å²) < 4.78 is 1.06. The van der Waals surface area contributed by atoms with E-state index < -0.39 is 5.60 Å². The average Bonchev–Trinajstić information content (AvgIpc) is 3.59. The topological polar surface area (TPSA) is 20.2 Å². The van der Waals surface area contributed by atoms with Gasteiger partial charge < -0.3 is 5.11 Å². The second kappa shape index (κ2) is 10.7. The van der Waals surface area contributed by atoms with Crippen molar-refractivity contribution in [1.82, 2.24) is 0 Å². The molecule has 0 aromatic heterocycles. The molecule has 0 saturated carbocycles. The molecular weight excluding hydrogens is 552 g/mol. The minimum absolute atomic E-state index is 0.110. The molecule has 0 saturated heterocycles.